The summed E-state index contributed by atoms with van der Waals surface area (Å²) in [6.45, 7) is 1.26. The van der Waals surface area contributed by atoms with Crippen LogP contribution in [0.15, 0.2) is 41.0 Å². The minimum absolute atomic E-state index is 0.0784. The number of benzene rings is 1. The van der Waals surface area contributed by atoms with Crippen LogP contribution in [0.2, 0.25) is 0 Å². The number of furan rings is 1. The molecule has 2 heterocycles. The van der Waals surface area contributed by atoms with Gasteiger partial charge in [-0.2, -0.15) is 0 Å². The fourth-order valence-electron chi connectivity index (χ4n) is 2.02. The number of fused-ring (bicyclic) bond motifs is 1. The summed E-state index contributed by atoms with van der Waals surface area (Å²) < 4.78 is 10.5. The molecule has 0 fully saturated rings. The van der Waals surface area contributed by atoms with Gasteiger partial charge in [0.15, 0.2) is 5.78 Å². The van der Waals surface area contributed by atoms with E-state index in [1.54, 1.807) is 12.3 Å². The van der Waals surface area contributed by atoms with Crippen molar-refractivity contribution in [3.63, 3.8) is 0 Å². The van der Waals surface area contributed by atoms with Gasteiger partial charge < -0.3 is 9.15 Å². The second-order valence-electron chi connectivity index (χ2n) is 4.16. The molecule has 0 bridgehead atoms. The molecule has 0 radical (unpaired) electrons. The SMILES string of the molecule is O=C(Cc1ccco1)c1ccc2c(c1)COC2. The van der Waals surface area contributed by atoms with Gasteiger partial charge in [-0.15, -0.1) is 0 Å². The number of Topliss-reactive ketones (excluding diaryl/α,β-unsaturated/α-hetero) is 1. The molecule has 86 valence electrons. The maximum atomic E-state index is 12.0. The van der Waals surface area contributed by atoms with Gasteiger partial charge in [0, 0.05) is 5.56 Å². The van der Waals surface area contributed by atoms with Crippen LogP contribution in [0.1, 0.15) is 27.2 Å². The van der Waals surface area contributed by atoms with Crippen LogP contribution >= 0.6 is 0 Å². The molecule has 0 amide bonds. The van der Waals surface area contributed by atoms with Crippen molar-refractivity contribution in [2.75, 3.05) is 0 Å². The predicted molar refractivity (Wildman–Crippen MR) is 61.7 cm³/mol. The van der Waals surface area contributed by atoms with Crippen LogP contribution in [-0.4, -0.2) is 5.78 Å². The zero-order valence-electron chi connectivity index (χ0n) is 9.31. The van der Waals surface area contributed by atoms with E-state index in [9.17, 15) is 4.79 Å². The molecule has 0 N–H and O–H groups in total. The Bertz CT molecular complexity index is 541. The van der Waals surface area contributed by atoms with E-state index in [1.807, 2.05) is 24.3 Å². The zero-order chi connectivity index (χ0) is 11.7. The number of hydrogen-bond donors (Lipinski definition) is 0. The lowest BCUT2D eigenvalue weighted by molar-refractivity contribution is 0.0987. The summed E-state index contributed by atoms with van der Waals surface area (Å²) in [5.41, 5.74) is 3.03. The molecular weight excluding hydrogens is 216 g/mol. The number of rotatable bonds is 3. The van der Waals surface area contributed by atoms with Gasteiger partial charge in [0.1, 0.15) is 5.76 Å². The van der Waals surface area contributed by atoms with Crippen molar-refractivity contribution in [3.05, 3.63) is 59.0 Å². The molecule has 3 rings (SSSR count). The third-order valence-corrected chi connectivity index (χ3v) is 2.96. The molecule has 0 saturated heterocycles. The highest BCUT2D eigenvalue weighted by Crippen LogP contribution is 2.21. The third-order valence-electron chi connectivity index (χ3n) is 2.96. The predicted octanol–water partition coefficient (Wildman–Crippen LogP) is 2.74. The van der Waals surface area contributed by atoms with Gasteiger partial charge in [-0.3, -0.25) is 4.79 Å². The Balaban J connectivity index is 1.82. The van der Waals surface area contributed by atoms with E-state index in [0.29, 0.717) is 25.4 Å². The lowest BCUT2D eigenvalue weighted by Crippen LogP contribution is -2.03. The Morgan fingerprint density at radius 1 is 1.18 bits per heavy atom. The van der Waals surface area contributed by atoms with E-state index >= 15 is 0 Å². The molecule has 0 atom stereocenters. The molecule has 1 aliphatic rings. The number of carbonyl (C=O) groups excluding carboxylic acids is 1. The van der Waals surface area contributed by atoms with Crippen molar-refractivity contribution in [2.45, 2.75) is 19.6 Å². The van der Waals surface area contributed by atoms with Gasteiger partial charge in [0.05, 0.1) is 25.9 Å². The summed E-state index contributed by atoms with van der Waals surface area (Å²) in [7, 11) is 0. The molecule has 0 spiro atoms. The van der Waals surface area contributed by atoms with Crippen LogP contribution < -0.4 is 0 Å². The first-order valence-corrected chi connectivity index (χ1v) is 5.58. The molecule has 0 aliphatic carbocycles. The van der Waals surface area contributed by atoms with E-state index in [-0.39, 0.29) is 5.78 Å². The van der Waals surface area contributed by atoms with E-state index in [1.165, 1.54) is 5.56 Å². The van der Waals surface area contributed by atoms with Crippen molar-refractivity contribution in [2.24, 2.45) is 0 Å². The molecule has 0 unspecified atom stereocenters. The lowest BCUT2D eigenvalue weighted by Gasteiger charge is -2.02. The topological polar surface area (TPSA) is 39.4 Å². The lowest BCUT2D eigenvalue weighted by atomic mass is 10.0. The van der Waals surface area contributed by atoms with Crippen molar-refractivity contribution in [1.82, 2.24) is 0 Å². The molecule has 0 saturated carbocycles. The summed E-state index contributed by atoms with van der Waals surface area (Å²) in [4.78, 5) is 12.0. The van der Waals surface area contributed by atoms with Gasteiger partial charge >= 0.3 is 0 Å². The Hall–Kier alpha value is -1.87. The van der Waals surface area contributed by atoms with Crippen LogP contribution in [-0.2, 0) is 24.4 Å². The van der Waals surface area contributed by atoms with Crippen LogP contribution in [0, 0.1) is 0 Å². The van der Waals surface area contributed by atoms with Crippen LogP contribution in [0.25, 0.3) is 0 Å². The smallest absolute Gasteiger partial charge is 0.170 e. The Labute approximate surface area is 99.0 Å². The first-order chi connectivity index (χ1) is 8.33. The number of ether oxygens (including phenoxy) is 1. The first kappa shape index (κ1) is 10.3. The summed E-state index contributed by atoms with van der Waals surface area (Å²) >= 11 is 0. The van der Waals surface area contributed by atoms with Crippen molar-refractivity contribution < 1.29 is 13.9 Å². The Kier molecular flexibility index (Phi) is 2.53. The summed E-state index contributed by atoms with van der Waals surface area (Å²) in [5, 5.41) is 0. The fourth-order valence-corrected chi connectivity index (χ4v) is 2.02. The van der Waals surface area contributed by atoms with E-state index in [4.69, 9.17) is 9.15 Å². The number of carbonyl (C=O) groups is 1. The summed E-state index contributed by atoms with van der Waals surface area (Å²) in [5.74, 6) is 0.779. The Morgan fingerprint density at radius 3 is 2.88 bits per heavy atom. The minimum Gasteiger partial charge on any atom is -0.469 e. The van der Waals surface area contributed by atoms with Gasteiger partial charge in [0.25, 0.3) is 0 Å². The summed E-state index contributed by atoms with van der Waals surface area (Å²) in [6, 6.07) is 9.36. The highest BCUT2D eigenvalue weighted by molar-refractivity contribution is 5.97. The first-order valence-electron chi connectivity index (χ1n) is 5.58. The van der Waals surface area contributed by atoms with Crippen molar-refractivity contribution >= 4 is 5.78 Å². The zero-order valence-corrected chi connectivity index (χ0v) is 9.31. The van der Waals surface area contributed by atoms with Crippen LogP contribution in [0.4, 0.5) is 0 Å². The molecule has 1 aromatic heterocycles. The maximum Gasteiger partial charge on any atom is 0.170 e. The maximum absolute atomic E-state index is 12.0. The van der Waals surface area contributed by atoms with Gasteiger partial charge in [-0.1, -0.05) is 12.1 Å². The average molecular weight is 228 g/mol. The normalized spacial score (nSPS) is 13.6. The van der Waals surface area contributed by atoms with Crippen molar-refractivity contribution in [3.8, 4) is 0 Å². The van der Waals surface area contributed by atoms with E-state index in [0.717, 1.165) is 11.1 Å². The molecular formula is C14H12O3. The van der Waals surface area contributed by atoms with Crippen LogP contribution in [0.3, 0.4) is 0 Å². The highest BCUT2D eigenvalue weighted by atomic mass is 16.5. The second kappa shape index (κ2) is 4.18. The molecule has 2 aromatic rings. The van der Waals surface area contributed by atoms with E-state index < -0.39 is 0 Å². The summed E-state index contributed by atoms with van der Waals surface area (Å²) in [6.07, 6.45) is 1.89. The minimum atomic E-state index is 0.0784. The number of ketones is 1. The second-order valence-corrected chi connectivity index (χ2v) is 4.16. The Morgan fingerprint density at radius 2 is 2.06 bits per heavy atom. The molecule has 3 heteroatoms. The standard InChI is InChI=1S/C14H12O3/c15-14(7-13-2-1-5-17-13)10-3-4-11-8-16-9-12(11)6-10/h1-6H,7-9H2. The van der Waals surface area contributed by atoms with Gasteiger partial charge in [-0.25, -0.2) is 0 Å². The molecule has 3 nitrogen and oxygen atoms in total. The number of hydrogen-bond acceptors (Lipinski definition) is 3. The third kappa shape index (κ3) is 2.01. The largest absolute Gasteiger partial charge is 0.469 e. The molecule has 1 aromatic carbocycles. The fraction of sp³-hybridized carbons (Fsp3) is 0.214. The van der Waals surface area contributed by atoms with Crippen molar-refractivity contribution in [1.29, 1.82) is 0 Å². The monoisotopic (exact) mass is 228 g/mol. The van der Waals surface area contributed by atoms with Crippen LogP contribution in [0.5, 0.6) is 0 Å². The molecule has 17 heavy (non-hydrogen) atoms. The molecule has 1 aliphatic heterocycles. The van der Waals surface area contributed by atoms with E-state index in [2.05, 4.69) is 0 Å². The quantitative estimate of drug-likeness (QED) is 0.758. The van der Waals surface area contributed by atoms with Gasteiger partial charge in [-0.05, 0) is 29.3 Å². The average Bonchev–Trinajstić information content (AvgIpc) is 2.97. The highest BCUT2D eigenvalue weighted by Gasteiger charge is 2.15. The van der Waals surface area contributed by atoms with Gasteiger partial charge in [0.2, 0.25) is 0 Å².